The summed E-state index contributed by atoms with van der Waals surface area (Å²) in [6, 6.07) is 4.85. The van der Waals surface area contributed by atoms with Crippen LogP contribution in [0.5, 0.6) is 0 Å². The summed E-state index contributed by atoms with van der Waals surface area (Å²) >= 11 is 0. The Morgan fingerprint density at radius 3 is 1.83 bits per heavy atom. The number of hydrogen-bond acceptors (Lipinski definition) is 0. The second-order valence-electron chi connectivity index (χ2n) is 7.69. The fourth-order valence-electron chi connectivity index (χ4n) is 4.58. The molecule has 0 atom stereocenters. The van der Waals surface area contributed by atoms with Gasteiger partial charge in [-0.1, -0.05) is 25.5 Å². The van der Waals surface area contributed by atoms with Crippen LogP contribution in [-0.2, 0) is 19.3 Å². The van der Waals surface area contributed by atoms with Gasteiger partial charge in [-0.3, -0.25) is 0 Å². The van der Waals surface area contributed by atoms with Crippen LogP contribution >= 0.6 is 0 Å². The van der Waals surface area contributed by atoms with Gasteiger partial charge in [0.2, 0.25) is 0 Å². The van der Waals surface area contributed by atoms with E-state index in [0.29, 0.717) is 0 Å². The minimum atomic E-state index is 1.23. The Morgan fingerprint density at radius 1 is 0.708 bits per heavy atom. The molecule has 0 saturated carbocycles. The maximum Gasteiger partial charge on any atom is -0.0117 e. The third-order valence-corrected chi connectivity index (χ3v) is 6.42. The fraction of sp³-hybridized carbons (Fsp3) is 0.500. The highest BCUT2D eigenvalue weighted by molar-refractivity contribution is 5.78. The van der Waals surface area contributed by atoms with E-state index in [1.54, 1.807) is 16.7 Å². The first-order valence-corrected chi connectivity index (χ1v) is 9.68. The number of rotatable bonds is 3. The number of hydrogen-bond donors (Lipinski definition) is 0. The average Bonchev–Trinajstić information content (AvgIpc) is 2.60. The van der Waals surface area contributed by atoms with Gasteiger partial charge in [-0.25, -0.2) is 0 Å². The zero-order valence-electron chi connectivity index (χ0n) is 16.4. The van der Waals surface area contributed by atoms with Crippen LogP contribution in [0, 0.1) is 34.6 Å². The van der Waals surface area contributed by atoms with E-state index >= 15 is 0 Å². The van der Waals surface area contributed by atoms with E-state index in [1.165, 1.54) is 77.5 Å². The van der Waals surface area contributed by atoms with Crippen LogP contribution in [0.1, 0.15) is 70.7 Å². The molecule has 0 N–H and O–H groups in total. The molecule has 0 saturated heterocycles. The van der Waals surface area contributed by atoms with Crippen molar-refractivity contribution in [3.05, 3.63) is 56.6 Å². The zero-order valence-corrected chi connectivity index (χ0v) is 16.4. The Labute approximate surface area is 148 Å². The molecule has 0 aromatic heterocycles. The second kappa shape index (κ2) is 6.75. The Hall–Kier alpha value is -1.56. The molecule has 0 nitrogen and oxygen atoms in total. The zero-order chi connectivity index (χ0) is 17.4. The van der Waals surface area contributed by atoms with Crippen molar-refractivity contribution in [3.8, 4) is 11.1 Å². The minimum absolute atomic E-state index is 1.23. The first-order chi connectivity index (χ1) is 11.5. The van der Waals surface area contributed by atoms with Crippen molar-refractivity contribution < 1.29 is 0 Å². The van der Waals surface area contributed by atoms with E-state index in [2.05, 4.69) is 53.7 Å². The lowest BCUT2D eigenvalue weighted by molar-refractivity contribution is 0.677. The molecule has 0 unspecified atom stereocenters. The molecule has 24 heavy (non-hydrogen) atoms. The van der Waals surface area contributed by atoms with E-state index in [4.69, 9.17) is 0 Å². The highest BCUT2D eigenvalue weighted by Crippen LogP contribution is 2.40. The predicted molar refractivity (Wildman–Crippen MR) is 106 cm³/mol. The monoisotopic (exact) mass is 320 g/mol. The van der Waals surface area contributed by atoms with E-state index in [1.807, 2.05) is 0 Å². The van der Waals surface area contributed by atoms with Crippen LogP contribution in [0.3, 0.4) is 0 Å². The van der Waals surface area contributed by atoms with Crippen molar-refractivity contribution in [1.82, 2.24) is 0 Å². The standard InChI is InChI=1S/C24H32/c1-7-10-20-13-14-23(22-12-9-8-11-21(20)22)24-18(5)16(3)15(2)17(4)19(24)6/h13-14H,7-12H2,1-6H3. The van der Waals surface area contributed by atoms with Crippen LogP contribution < -0.4 is 0 Å². The maximum absolute atomic E-state index is 2.43. The van der Waals surface area contributed by atoms with Crippen molar-refractivity contribution in [2.24, 2.45) is 0 Å². The molecule has 3 rings (SSSR count). The van der Waals surface area contributed by atoms with Crippen molar-refractivity contribution in [2.45, 2.75) is 80.1 Å². The largest absolute Gasteiger partial charge is 0.0651 e. The van der Waals surface area contributed by atoms with Crippen LogP contribution in [0.15, 0.2) is 12.1 Å². The third-order valence-electron chi connectivity index (χ3n) is 6.42. The van der Waals surface area contributed by atoms with Gasteiger partial charge in [-0.15, -0.1) is 0 Å². The SMILES string of the molecule is CCCc1ccc(-c2c(C)c(C)c(C)c(C)c2C)c2c1CCCC2. The fourth-order valence-corrected chi connectivity index (χ4v) is 4.58. The molecule has 0 radical (unpaired) electrons. The Morgan fingerprint density at radius 2 is 1.25 bits per heavy atom. The lowest BCUT2D eigenvalue weighted by Gasteiger charge is -2.26. The molecule has 1 aliphatic rings. The quantitative estimate of drug-likeness (QED) is 0.588. The van der Waals surface area contributed by atoms with Crippen molar-refractivity contribution in [1.29, 1.82) is 0 Å². The van der Waals surface area contributed by atoms with E-state index < -0.39 is 0 Å². The predicted octanol–water partition coefficient (Wildman–Crippen LogP) is 6.73. The van der Waals surface area contributed by atoms with Gasteiger partial charge in [0.05, 0.1) is 0 Å². The smallest absolute Gasteiger partial charge is 0.0117 e. The summed E-state index contributed by atoms with van der Waals surface area (Å²) in [4.78, 5) is 0. The Kier molecular flexibility index (Phi) is 4.85. The third kappa shape index (κ3) is 2.70. The van der Waals surface area contributed by atoms with Crippen LogP contribution in [0.2, 0.25) is 0 Å². The van der Waals surface area contributed by atoms with Crippen molar-refractivity contribution in [2.75, 3.05) is 0 Å². The highest BCUT2D eigenvalue weighted by Gasteiger charge is 2.21. The summed E-state index contributed by atoms with van der Waals surface area (Å²) in [6.45, 7) is 13.8. The second-order valence-corrected chi connectivity index (χ2v) is 7.69. The van der Waals surface area contributed by atoms with E-state index in [-0.39, 0.29) is 0 Å². The summed E-state index contributed by atoms with van der Waals surface area (Å²) in [5, 5.41) is 0. The van der Waals surface area contributed by atoms with Gasteiger partial charge < -0.3 is 0 Å². The minimum Gasteiger partial charge on any atom is -0.0651 e. The van der Waals surface area contributed by atoms with Gasteiger partial charge in [0.15, 0.2) is 0 Å². The number of fused-ring (bicyclic) bond motifs is 1. The molecule has 0 bridgehead atoms. The van der Waals surface area contributed by atoms with Gasteiger partial charge in [0.1, 0.15) is 0 Å². The lowest BCUT2D eigenvalue weighted by Crippen LogP contribution is -2.10. The summed E-state index contributed by atoms with van der Waals surface area (Å²) in [7, 11) is 0. The summed E-state index contributed by atoms with van der Waals surface area (Å²) in [6.07, 6.45) is 7.71. The molecule has 1 aliphatic carbocycles. The molecule has 0 aliphatic heterocycles. The normalized spacial score (nSPS) is 13.9. The lowest BCUT2D eigenvalue weighted by atomic mass is 9.78. The molecule has 0 heteroatoms. The average molecular weight is 321 g/mol. The Balaban J connectivity index is 2.29. The highest BCUT2D eigenvalue weighted by atomic mass is 14.3. The summed E-state index contributed by atoms with van der Waals surface area (Å²) < 4.78 is 0. The molecule has 2 aromatic rings. The molecule has 128 valence electrons. The van der Waals surface area contributed by atoms with Gasteiger partial charge >= 0.3 is 0 Å². The van der Waals surface area contributed by atoms with Gasteiger partial charge in [0, 0.05) is 0 Å². The van der Waals surface area contributed by atoms with Crippen molar-refractivity contribution >= 4 is 0 Å². The first-order valence-electron chi connectivity index (χ1n) is 9.68. The summed E-state index contributed by atoms with van der Waals surface area (Å²) in [5.41, 5.74) is 15.3. The topological polar surface area (TPSA) is 0 Å². The maximum atomic E-state index is 2.43. The van der Waals surface area contributed by atoms with E-state index in [0.717, 1.165) is 0 Å². The molecule has 2 aromatic carbocycles. The molecule has 0 fully saturated rings. The van der Waals surface area contributed by atoms with Crippen LogP contribution in [0.4, 0.5) is 0 Å². The molecule has 0 heterocycles. The Bertz CT molecular complexity index is 748. The van der Waals surface area contributed by atoms with Gasteiger partial charge in [0.25, 0.3) is 0 Å². The molecular weight excluding hydrogens is 288 g/mol. The van der Waals surface area contributed by atoms with Gasteiger partial charge in [-0.05, 0) is 122 Å². The van der Waals surface area contributed by atoms with Gasteiger partial charge in [-0.2, -0.15) is 0 Å². The molecule has 0 amide bonds. The number of aryl methyl sites for hydroxylation is 1. The van der Waals surface area contributed by atoms with Crippen LogP contribution in [0.25, 0.3) is 11.1 Å². The van der Waals surface area contributed by atoms with Crippen molar-refractivity contribution in [3.63, 3.8) is 0 Å². The first kappa shape index (κ1) is 17.3. The molecule has 0 spiro atoms. The van der Waals surface area contributed by atoms with E-state index in [9.17, 15) is 0 Å². The van der Waals surface area contributed by atoms with Crippen LogP contribution in [-0.4, -0.2) is 0 Å². The summed E-state index contributed by atoms with van der Waals surface area (Å²) in [5.74, 6) is 0. The number of benzene rings is 2. The molecular formula is C24H32.